The summed E-state index contributed by atoms with van der Waals surface area (Å²) in [5.41, 5.74) is 3.72. The van der Waals surface area contributed by atoms with Gasteiger partial charge in [0.2, 0.25) is 0 Å². The van der Waals surface area contributed by atoms with Crippen LogP contribution in [0.3, 0.4) is 0 Å². The molecule has 1 aliphatic carbocycles. The second-order valence-corrected chi connectivity index (χ2v) is 6.35. The highest BCUT2D eigenvalue weighted by Gasteiger charge is 2.33. The van der Waals surface area contributed by atoms with Gasteiger partial charge in [-0.2, -0.15) is 0 Å². The lowest BCUT2D eigenvalue weighted by molar-refractivity contribution is 0.427. The van der Waals surface area contributed by atoms with Crippen molar-refractivity contribution in [3.63, 3.8) is 0 Å². The summed E-state index contributed by atoms with van der Waals surface area (Å²) in [4.78, 5) is 9.25. The second-order valence-electron chi connectivity index (χ2n) is 5.50. The summed E-state index contributed by atoms with van der Waals surface area (Å²) < 4.78 is 1.07. The summed E-state index contributed by atoms with van der Waals surface area (Å²) in [7, 11) is 0. The first-order chi connectivity index (χ1) is 10.3. The van der Waals surface area contributed by atoms with Gasteiger partial charge in [-0.1, -0.05) is 13.0 Å². The molecule has 0 aliphatic heterocycles. The van der Waals surface area contributed by atoms with Crippen LogP contribution in [-0.4, -0.2) is 16.5 Å². The van der Waals surface area contributed by atoms with Gasteiger partial charge < -0.3 is 5.32 Å². The summed E-state index contributed by atoms with van der Waals surface area (Å²) in [6.45, 7) is 3.19. The van der Waals surface area contributed by atoms with E-state index in [1.807, 2.05) is 24.5 Å². The average Bonchev–Trinajstić information content (AvgIpc) is 2.93. The van der Waals surface area contributed by atoms with Gasteiger partial charge in [-0.05, 0) is 65.5 Å². The van der Waals surface area contributed by atoms with Crippen LogP contribution in [0.25, 0.3) is 0 Å². The summed E-state index contributed by atoms with van der Waals surface area (Å²) in [5.74, 6) is 0.402. The van der Waals surface area contributed by atoms with Crippen molar-refractivity contribution in [2.75, 3.05) is 6.54 Å². The predicted octanol–water partition coefficient (Wildman–Crippen LogP) is 4.01. The molecule has 0 saturated carbocycles. The van der Waals surface area contributed by atoms with Gasteiger partial charge in [0, 0.05) is 28.5 Å². The van der Waals surface area contributed by atoms with Crippen molar-refractivity contribution in [2.24, 2.45) is 0 Å². The molecule has 2 aromatic rings. The third-order valence-electron chi connectivity index (χ3n) is 4.10. The largest absolute Gasteiger partial charge is 0.308 e. The maximum Gasteiger partial charge on any atom is 0.0721 e. The smallest absolute Gasteiger partial charge is 0.0721 e. The van der Waals surface area contributed by atoms with E-state index in [-0.39, 0.29) is 6.04 Å². The van der Waals surface area contributed by atoms with Gasteiger partial charge in [0.25, 0.3) is 0 Å². The minimum Gasteiger partial charge on any atom is -0.308 e. The quantitative estimate of drug-likeness (QED) is 0.889. The molecular weight excluding hydrogens is 326 g/mol. The van der Waals surface area contributed by atoms with Crippen LogP contribution < -0.4 is 5.32 Å². The van der Waals surface area contributed by atoms with Gasteiger partial charge in [-0.15, -0.1) is 0 Å². The lowest BCUT2D eigenvalue weighted by Crippen LogP contribution is -2.28. The highest BCUT2D eigenvalue weighted by molar-refractivity contribution is 9.10. The van der Waals surface area contributed by atoms with E-state index in [2.05, 4.69) is 50.3 Å². The minimum absolute atomic E-state index is 0.219. The molecule has 21 heavy (non-hydrogen) atoms. The van der Waals surface area contributed by atoms with Crippen LogP contribution in [0, 0.1) is 0 Å². The molecule has 0 aromatic carbocycles. The van der Waals surface area contributed by atoms with Crippen molar-refractivity contribution in [1.29, 1.82) is 0 Å². The normalized spacial score (nSPS) is 18.5. The van der Waals surface area contributed by atoms with Gasteiger partial charge >= 0.3 is 0 Å². The summed E-state index contributed by atoms with van der Waals surface area (Å²) in [6.07, 6.45) is 7.14. The Balaban J connectivity index is 1.96. The number of pyridine rings is 2. The van der Waals surface area contributed by atoms with Crippen molar-refractivity contribution < 1.29 is 0 Å². The Morgan fingerprint density at radius 1 is 1.29 bits per heavy atom. The molecule has 0 fully saturated rings. The van der Waals surface area contributed by atoms with Gasteiger partial charge in [0.15, 0.2) is 0 Å². The van der Waals surface area contributed by atoms with Crippen LogP contribution in [0.4, 0.5) is 0 Å². The molecular formula is C17H20BrN3. The fourth-order valence-electron chi connectivity index (χ4n) is 3.12. The van der Waals surface area contributed by atoms with E-state index in [9.17, 15) is 0 Å². The van der Waals surface area contributed by atoms with E-state index < -0.39 is 0 Å². The van der Waals surface area contributed by atoms with Crippen LogP contribution in [0.15, 0.2) is 41.1 Å². The number of hydrogen-bond acceptors (Lipinski definition) is 3. The fourth-order valence-corrected chi connectivity index (χ4v) is 3.63. The number of aryl methyl sites for hydroxylation is 1. The number of nitrogens with zero attached hydrogens (tertiary/aromatic N) is 2. The van der Waals surface area contributed by atoms with Gasteiger partial charge in [0.05, 0.1) is 11.7 Å². The lowest BCUT2D eigenvalue weighted by atomic mass is 9.93. The Morgan fingerprint density at radius 2 is 2.10 bits per heavy atom. The molecule has 1 N–H and O–H groups in total. The zero-order valence-electron chi connectivity index (χ0n) is 12.2. The van der Waals surface area contributed by atoms with Crippen LogP contribution in [0.2, 0.25) is 0 Å². The van der Waals surface area contributed by atoms with Crippen molar-refractivity contribution in [1.82, 2.24) is 15.3 Å². The Labute approximate surface area is 134 Å². The molecule has 2 heterocycles. The zero-order chi connectivity index (χ0) is 14.7. The lowest BCUT2D eigenvalue weighted by Gasteiger charge is -2.25. The van der Waals surface area contributed by atoms with E-state index >= 15 is 0 Å². The Hall–Kier alpha value is -1.26. The van der Waals surface area contributed by atoms with Crippen LogP contribution in [0.5, 0.6) is 0 Å². The minimum atomic E-state index is 0.219. The van der Waals surface area contributed by atoms with Crippen molar-refractivity contribution >= 4 is 15.9 Å². The third-order valence-corrected chi connectivity index (χ3v) is 4.77. The van der Waals surface area contributed by atoms with Crippen LogP contribution in [-0.2, 0) is 6.42 Å². The molecule has 2 aromatic heterocycles. The molecule has 0 spiro atoms. The number of rotatable bonds is 5. The first kappa shape index (κ1) is 14.7. The van der Waals surface area contributed by atoms with E-state index in [1.165, 1.54) is 11.3 Å². The number of aromatic nitrogens is 2. The number of halogens is 1. The fraction of sp³-hybridized carbons (Fsp3) is 0.412. The molecule has 0 radical (unpaired) electrons. The SMILES string of the molecule is CCCNC(c1ncccc1Br)C1CCc2cccnc21. The maximum atomic E-state index is 4.64. The molecule has 0 saturated heterocycles. The van der Waals surface area contributed by atoms with Crippen LogP contribution >= 0.6 is 15.9 Å². The Bertz CT molecular complexity index is 614. The highest BCUT2D eigenvalue weighted by Crippen LogP contribution is 2.41. The molecule has 1 aliphatic rings. The van der Waals surface area contributed by atoms with E-state index in [0.29, 0.717) is 5.92 Å². The van der Waals surface area contributed by atoms with E-state index in [1.54, 1.807) is 0 Å². The molecule has 2 atom stereocenters. The van der Waals surface area contributed by atoms with Gasteiger partial charge in [-0.25, -0.2) is 0 Å². The number of nitrogens with one attached hydrogen (secondary N) is 1. The van der Waals surface area contributed by atoms with Crippen molar-refractivity contribution in [3.05, 3.63) is 58.1 Å². The summed E-state index contributed by atoms with van der Waals surface area (Å²) in [6, 6.07) is 8.48. The zero-order valence-corrected chi connectivity index (χ0v) is 13.8. The summed E-state index contributed by atoms with van der Waals surface area (Å²) >= 11 is 3.65. The Kier molecular flexibility index (Phi) is 4.66. The standard InChI is InChI=1S/C17H20BrN3/c1-2-9-19-16(17-14(18)6-4-11-21-17)13-8-7-12-5-3-10-20-15(12)13/h3-6,10-11,13,16,19H,2,7-9H2,1H3. The predicted molar refractivity (Wildman–Crippen MR) is 88.3 cm³/mol. The van der Waals surface area contributed by atoms with E-state index in [4.69, 9.17) is 0 Å². The second kappa shape index (κ2) is 6.67. The highest BCUT2D eigenvalue weighted by atomic mass is 79.9. The van der Waals surface area contributed by atoms with Crippen LogP contribution in [0.1, 0.15) is 48.7 Å². The number of hydrogen-bond donors (Lipinski definition) is 1. The number of fused-ring (bicyclic) bond motifs is 1. The van der Waals surface area contributed by atoms with Gasteiger partial charge in [-0.3, -0.25) is 9.97 Å². The molecule has 0 bridgehead atoms. The maximum absolute atomic E-state index is 4.64. The Morgan fingerprint density at radius 3 is 2.90 bits per heavy atom. The van der Waals surface area contributed by atoms with Crippen molar-refractivity contribution in [2.45, 2.75) is 38.1 Å². The monoisotopic (exact) mass is 345 g/mol. The topological polar surface area (TPSA) is 37.8 Å². The molecule has 3 rings (SSSR count). The van der Waals surface area contributed by atoms with E-state index in [0.717, 1.165) is 36.0 Å². The molecule has 4 heteroatoms. The van der Waals surface area contributed by atoms with Gasteiger partial charge in [0.1, 0.15) is 0 Å². The first-order valence-electron chi connectivity index (χ1n) is 7.59. The molecule has 3 nitrogen and oxygen atoms in total. The average molecular weight is 346 g/mol. The molecule has 2 unspecified atom stereocenters. The van der Waals surface area contributed by atoms with Crippen molar-refractivity contribution in [3.8, 4) is 0 Å². The first-order valence-corrected chi connectivity index (χ1v) is 8.38. The molecule has 0 amide bonds. The molecule has 110 valence electrons. The summed E-state index contributed by atoms with van der Waals surface area (Å²) in [5, 5.41) is 3.68. The third kappa shape index (κ3) is 3.01.